The molecule has 0 radical (unpaired) electrons. The first kappa shape index (κ1) is 14.1. The van der Waals surface area contributed by atoms with Gasteiger partial charge in [0, 0.05) is 6.20 Å². The second kappa shape index (κ2) is 6.71. The first-order valence-corrected chi connectivity index (χ1v) is 7.29. The summed E-state index contributed by atoms with van der Waals surface area (Å²) in [6.07, 6.45) is 9.16. The maximum absolute atomic E-state index is 6.09. The third kappa shape index (κ3) is 3.57. The van der Waals surface area contributed by atoms with Crippen molar-refractivity contribution in [3.63, 3.8) is 0 Å². The lowest BCUT2D eigenvalue weighted by Crippen LogP contribution is -2.12. The Morgan fingerprint density at radius 1 is 1.26 bits per heavy atom. The highest BCUT2D eigenvalue weighted by Crippen LogP contribution is 2.26. The lowest BCUT2D eigenvalue weighted by molar-refractivity contribution is -0.00247. The average Bonchev–Trinajstić information content (AvgIpc) is 2.81. The van der Waals surface area contributed by atoms with E-state index in [0.29, 0.717) is 0 Å². The highest BCUT2D eigenvalue weighted by atomic mass is 16.5. The minimum absolute atomic E-state index is 0.143. The standard InChI is InChI=1S/C16H24N2O/c1-4-5-6-9-15(19-13(2)3)14-12-17-16-10-7-8-11-18(14)16/h7-8,10-13,15H,4-6,9H2,1-3H3. The van der Waals surface area contributed by atoms with Crippen LogP contribution in [0.1, 0.15) is 58.3 Å². The number of aromatic nitrogens is 2. The van der Waals surface area contributed by atoms with Crippen LogP contribution >= 0.6 is 0 Å². The maximum atomic E-state index is 6.09. The summed E-state index contributed by atoms with van der Waals surface area (Å²) in [6.45, 7) is 6.42. The van der Waals surface area contributed by atoms with Gasteiger partial charge in [-0.25, -0.2) is 4.98 Å². The molecule has 0 aliphatic heterocycles. The van der Waals surface area contributed by atoms with E-state index in [1.54, 1.807) is 0 Å². The minimum Gasteiger partial charge on any atom is -0.369 e. The van der Waals surface area contributed by atoms with Gasteiger partial charge in [0.25, 0.3) is 0 Å². The van der Waals surface area contributed by atoms with Gasteiger partial charge in [-0.05, 0) is 32.4 Å². The molecule has 2 heterocycles. The Labute approximate surface area is 115 Å². The molecule has 0 aromatic carbocycles. The van der Waals surface area contributed by atoms with Crippen molar-refractivity contribution in [3.8, 4) is 0 Å². The van der Waals surface area contributed by atoms with Crippen LogP contribution in [-0.4, -0.2) is 15.5 Å². The van der Waals surface area contributed by atoms with Crippen LogP contribution in [0.25, 0.3) is 5.65 Å². The van der Waals surface area contributed by atoms with Gasteiger partial charge in [-0.1, -0.05) is 32.3 Å². The lowest BCUT2D eigenvalue weighted by atomic mass is 10.1. The third-order valence-corrected chi connectivity index (χ3v) is 3.28. The fraction of sp³-hybridized carbons (Fsp3) is 0.562. The Hall–Kier alpha value is -1.35. The zero-order valence-corrected chi connectivity index (χ0v) is 12.2. The summed E-state index contributed by atoms with van der Waals surface area (Å²) >= 11 is 0. The number of nitrogens with zero attached hydrogens (tertiary/aromatic N) is 2. The Balaban J connectivity index is 2.21. The van der Waals surface area contributed by atoms with E-state index in [1.807, 2.05) is 24.4 Å². The highest BCUT2D eigenvalue weighted by Gasteiger charge is 2.17. The highest BCUT2D eigenvalue weighted by molar-refractivity contribution is 5.40. The molecule has 104 valence electrons. The number of fused-ring (bicyclic) bond motifs is 1. The van der Waals surface area contributed by atoms with Crippen LogP contribution in [0.4, 0.5) is 0 Å². The molecule has 0 N–H and O–H groups in total. The topological polar surface area (TPSA) is 26.5 Å². The summed E-state index contributed by atoms with van der Waals surface area (Å²) in [6, 6.07) is 6.08. The Kier molecular flexibility index (Phi) is 4.97. The van der Waals surface area contributed by atoms with Gasteiger partial charge in [-0.2, -0.15) is 0 Å². The van der Waals surface area contributed by atoms with Crippen molar-refractivity contribution in [1.82, 2.24) is 9.38 Å². The predicted molar refractivity (Wildman–Crippen MR) is 78.3 cm³/mol. The van der Waals surface area contributed by atoms with Gasteiger partial charge >= 0.3 is 0 Å². The molecule has 0 amide bonds. The number of pyridine rings is 1. The maximum Gasteiger partial charge on any atom is 0.136 e. The van der Waals surface area contributed by atoms with E-state index < -0.39 is 0 Å². The quantitative estimate of drug-likeness (QED) is 0.691. The van der Waals surface area contributed by atoms with E-state index in [0.717, 1.165) is 12.1 Å². The molecule has 19 heavy (non-hydrogen) atoms. The second-order valence-corrected chi connectivity index (χ2v) is 5.28. The van der Waals surface area contributed by atoms with Crippen LogP contribution in [0, 0.1) is 0 Å². The summed E-state index contributed by atoms with van der Waals surface area (Å²) < 4.78 is 8.23. The molecule has 0 aliphatic carbocycles. The van der Waals surface area contributed by atoms with Gasteiger partial charge in [0.2, 0.25) is 0 Å². The molecule has 2 aromatic heterocycles. The fourth-order valence-electron chi connectivity index (χ4n) is 2.38. The van der Waals surface area contributed by atoms with E-state index in [2.05, 4.69) is 36.4 Å². The number of hydrogen-bond acceptors (Lipinski definition) is 2. The molecular weight excluding hydrogens is 236 g/mol. The van der Waals surface area contributed by atoms with Crippen molar-refractivity contribution in [2.24, 2.45) is 0 Å². The second-order valence-electron chi connectivity index (χ2n) is 5.28. The van der Waals surface area contributed by atoms with Crippen LogP contribution in [0.3, 0.4) is 0 Å². The Morgan fingerprint density at radius 3 is 2.84 bits per heavy atom. The summed E-state index contributed by atoms with van der Waals surface area (Å²) in [5.41, 5.74) is 2.16. The summed E-state index contributed by atoms with van der Waals surface area (Å²) in [5.74, 6) is 0. The van der Waals surface area contributed by atoms with Crippen molar-refractivity contribution in [2.45, 2.75) is 58.7 Å². The van der Waals surface area contributed by atoms with Crippen molar-refractivity contribution < 1.29 is 4.74 Å². The molecule has 3 nitrogen and oxygen atoms in total. The zero-order valence-electron chi connectivity index (χ0n) is 12.2. The summed E-state index contributed by atoms with van der Waals surface area (Å²) in [4.78, 5) is 4.46. The van der Waals surface area contributed by atoms with Crippen LogP contribution in [-0.2, 0) is 4.74 Å². The van der Waals surface area contributed by atoms with Crippen LogP contribution in [0.2, 0.25) is 0 Å². The first-order valence-electron chi connectivity index (χ1n) is 7.29. The molecule has 0 fully saturated rings. The first-order chi connectivity index (χ1) is 9.22. The lowest BCUT2D eigenvalue weighted by Gasteiger charge is -2.20. The van der Waals surface area contributed by atoms with Gasteiger partial charge in [-0.15, -0.1) is 0 Å². The molecule has 0 aliphatic rings. The third-order valence-electron chi connectivity index (χ3n) is 3.28. The SMILES string of the molecule is CCCCCC(OC(C)C)c1cnc2ccccn12. The van der Waals surface area contributed by atoms with E-state index in [9.17, 15) is 0 Å². The smallest absolute Gasteiger partial charge is 0.136 e. The molecule has 1 atom stereocenters. The molecule has 0 saturated carbocycles. The summed E-state index contributed by atoms with van der Waals surface area (Å²) in [7, 11) is 0. The number of unbranched alkanes of at least 4 members (excludes halogenated alkanes) is 2. The molecule has 0 spiro atoms. The number of ether oxygens (including phenoxy) is 1. The fourth-order valence-corrected chi connectivity index (χ4v) is 2.38. The van der Waals surface area contributed by atoms with E-state index >= 15 is 0 Å². The monoisotopic (exact) mass is 260 g/mol. The van der Waals surface area contributed by atoms with Crippen molar-refractivity contribution in [2.75, 3.05) is 0 Å². The molecule has 0 saturated heterocycles. The van der Waals surface area contributed by atoms with Crippen LogP contribution < -0.4 is 0 Å². The largest absolute Gasteiger partial charge is 0.369 e. The normalized spacial score (nSPS) is 13.3. The molecule has 2 aromatic rings. The van der Waals surface area contributed by atoms with Gasteiger partial charge in [0.1, 0.15) is 5.65 Å². The van der Waals surface area contributed by atoms with Crippen molar-refractivity contribution in [3.05, 3.63) is 36.3 Å². The molecule has 2 rings (SSSR count). The molecular formula is C16H24N2O. The average molecular weight is 260 g/mol. The van der Waals surface area contributed by atoms with E-state index in [-0.39, 0.29) is 12.2 Å². The molecule has 3 heteroatoms. The molecule has 1 unspecified atom stereocenters. The number of rotatable bonds is 7. The van der Waals surface area contributed by atoms with Gasteiger partial charge in [-0.3, -0.25) is 0 Å². The summed E-state index contributed by atoms with van der Waals surface area (Å²) in [5, 5.41) is 0. The predicted octanol–water partition coefficient (Wildman–Crippen LogP) is 4.38. The van der Waals surface area contributed by atoms with E-state index in [4.69, 9.17) is 4.74 Å². The van der Waals surface area contributed by atoms with Gasteiger partial charge < -0.3 is 9.14 Å². The number of imidazole rings is 1. The van der Waals surface area contributed by atoms with Crippen molar-refractivity contribution >= 4 is 5.65 Å². The van der Waals surface area contributed by atoms with Gasteiger partial charge in [0.05, 0.1) is 24.1 Å². The Bertz CT molecular complexity index is 504. The zero-order chi connectivity index (χ0) is 13.7. The molecule has 0 bridgehead atoms. The Morgan fingerprint density at radius 2 is 2.11 bits per heavy atom. The van der Waals surface area contributed by atoms with Crippen LogP contribution in [0.5, 0.6) is 0 Å². The van der Waals surface area contributed by atoms with Gasteiger partial charge in [0.15, 0.2) is 0 Å². The van der Waals surface area contributed by atoms with Crippen molar-refractivity contribution in [1.29, 1.82) is 0 Å². The van der Waals surface area contributed by atoms with Crippen LogP contribution in [0.15, 0.2) is 30.6 Å². The minimum atomic E-state index is 0.143. The number of hydrogen-bond donors (Lipinski definition) is 0. The van der Waals surface area contributed by atoms with E-state index in [1.165, 1.54) is 25.0 Å².